The number of hydrogen-bond donors (Lipinski definition) is 4. The van der Waals surface area contributed by atoms with Crippen LogP contribution in [0.1, 0.15) is 68.9 Å². The summed E-state index contributed by atoms with van der Waals surface area (Å²) in [6, 6.07) is 14.8. The molecule has 2 aromatic carbocycles. The summed E-state index contributed by atoms with van der Waals surface area (Å²) in [6.07, 6.45) is 5.20. The second-order valence-electron chi connectivity index (χ2n) is 8.83. The summed E-state index contributed by atoms with van der Waals surface area (Å²) in [5.41, 5.74) is 8.75. The van der Waals surface area contributed by atoms with Crippen LogP contribution in [0.25, 0.3) is 11.1 Å². The molecule has 3 rings (SSSR count). The average Bonchev–Trinajstić information content (AvgIpc) is 3.20. The second kappa shape index (κ2) is 13.3. The van der Waals surface area contributed by atoms with Gasteiger partial charge in [0.15, 0.2) is 0 Å². The predicted octanol–water partition coefficient (Wildman–Crippen LogP) is 3.88. The molecule has 1 atom stereocenters. The normalized spacial score (nSPS) is 12.7. The van der Waals surface area contributed by atoms with E-state index in [0.717, 1.165) is 54.4 Å². The van der Waals surface area contributed by atoms with Crippen LogP contribution in [0, 0.1) is 0 Å². The number of fused-ring (bicyclic) bond motifs is 3. The van der Waals surface area contributed by atoms with Crippen molar-refractivity contribution < 1.29 is 29.0 Å². The highest BCUT2D eigenvalue weighted by atomic mass is 16.6. The molecule has 9 nitrogen and oxygen atoms in total. The Morgan fingerprint density at radius 2 is 1.44 bits per heavy atom. The number of hydrazine groups is 1. The van der Waals surface area contributed by atoms with E-state index in [4.69, 9.17) is 9.84 Å². The zero-order chi connectivity index (χ0) is 25.9. The molecule has 4 N–H and O–H groups in total. The third-order valence-corrected chi connectivity index (χ3v) is 6.29. The number of carboxylic acid groups (broad SMARTS) is 1. The maximum Gasteiger partial charge on any atom is 0.426 e. The lowest BCUT2D eigenvalue weighted by Crippen LogP contribution is -2.53. The zero-order valence-corrected chi connectivity index (χ0v) is 20.4. The van der Waals surface area contributed by atoms with Gasteiger partial charge in [-0.1, -0.05) is 94.0 Å². The van der Waals surface area contributed by atoms with Crippen LogP contribution in [0.3, 0.4) is 0 Å². The van der Waals surface area contributed by atoms with E-state index < -0.39 is 29.9 Å². The number of rotatable bonds is 11. The largest absolute Gasteiger partial charge is 0.474 e. The third-order valence-electron chi connectivity index (χ3n) is 6.29. The summed E-state index contributed by atoms with van der Waals surface area (Å²) in [6.45, 7) is 2.19. The van der Waals surface area contributed by atoms with Gasteiger partial charge in [-0.3, -0.25) is 15.0 Å². The monoisotopic (exact) mass is 495 g/mol. The maximum atomic E-state index is 12.6. The molecule has 0 aromatic heterocycles. The Morgan fingerprint density at radius 1 is 0.861 bits per heavy atom. The fraction of sp³-hybridized carbons (Fsp3) is 0.407. The van der Waals surface area contributed by atoms with Crippen molar-refractivity contribution in [3.63, 3.8) is 0 Å². The molecule has 1 aliphatic carbocycles. The summed E-state index contributed by atoms with van der Waals surface area (Å²) >= 11 is 0. The molecule has 1 unspecified atom stereocenters. The van der Waals surface area contributed by atoms with E-state index in [1.165, 1.54) is 0 Å². The van der Waals surface area contributed by atoms with Gasteiger partial charge in [-0.05, 0) is 28.7 Å². The number of carbonyl (C=O) groups is 4. The first-order valence-corrected chi connectivity index (χ1v) is 12.4. The Balaban J connectivity index is 1.51. The fourth-order valence-corrected chi connectivity index (χ4v) is 4.45. The SMILES string of the molecule is CCCCCCCCC(NC(=O)C(=O)O)C(=O)NNC(=O)OCC1c2ccccc2-c2ccccc21. The topological polar surface area (TPSA) is 134 Å². The molecule has 192 valence electrons. The first-order chi connectivity index (χ1) is 17.4. The predicted molar refractivity (Wildman–Crippen MR) is 134 cm³/mol. The Morgan fingerprint density at radius 3 is 2.06 bits per heavy atom. The van der Waals surface area contributed by atoms with Crippen LogP contribution in [0.4, 0.5) is 4.79 Å². The van der Waals surface area contributed by atoms with Gasteiger partial charge in [0, 0.05) is 5.92 Å². The van der Waals surface area contributed by atoms with Crippen molar-refractivity contribution in [3.8, 4) is 11.1 Å². The summed E-state index contributed by atoms with van der Waals surface area (Å²) < 4.78 is 5.38. The summed E-state index contributed by atoms with van der Waals surface area (Å²) in [4.78, 5) is 47.4. The minimum Gasteiger partial charge on any atom is -0.474 e. The van der Waals surface area contributed by atoms with Crippen molar-refractivity contribution in [3.05, 3.63) is 59.7 Å². The molecule has 0 aliphatic heterocycles. The fourth-order valence-electron chi connectivity index (χ4n) is 4.45. The van der Waals surface area contributed by atoms with Crippen molar-refractivity contribution in [1.29, 1.82) is 0 Å². The highest BCUT2D eigenvalue weighted by Crippen LogP contribution is 2.44. The molecule has 0 saturated carbocycles. The summed E-state index contributed by atoms with van der Waals surface area (Å²) in [7, 11) is 0. The third kappa shape index (κ3) is 7.07. The Bertz CT molecular complexity index is 1040. The number of amides is 3. The highest BCUT2D eigenvalue weighted by Gasteiger charge is 2.29. The molecule has 0 saturated heterocycles. The lowest BCUT2D eigenvalue weighted by molar-refractivity contribution is -0.151. The number of carbonyl (C=O) groups excluding carboxylic acids is 3. The Labute approximate surface area is 210 Å². The van der Waals surface area contributed by atoms with Gasteiger partial charge in [0.25, 0.3) is 5.91 Å². The van der Waals surface area contributed by atoms with Gasteiger partial charge >= 0.3 is 18.0 Å². The number of aliphatic carboxylic acids is 1. The quantitative estimate of drug-likeness (QED) is 0.212. The van der Waals surface area contributed by atoms with Gasteiger partial charge < -0.3 is 15.2 Å². The van der Waals surface area contributed by atoms with E-state index >= 15 is 0 Å². The van der Waals surface area contributed by atoms with Crippen LogP contribution in [-0.2, 0) is 19.1 Å². The van der Waals surface area contributed by atoms with Crippen LogP contribution in [-0.4, -0.2) is 41.6 Å². The molecule has 9 heteroatoms. The number of carboxylic acids is 1. The minimum absolute atomic E-state index is 0.0761. The lowest BCUT2D eigenvalue weighted by Gasteiger charge is -2.18. The van der Waals surface area contributed by atoms with Crippen LogP contribution < -0.4 is 16.2 Å². The molecule has 36 heavy (non-hydrogen) atoms. The minimum atomic E-state index is -1.68. The first kappa shape index (κ1) is 26.7. The van der Waals surface area contributed by atoms with Crippen LogP contribution in [0.2, 0.25) is 0 Å². The van der Waals surface area contributed by atoms with E-state index in [-0.39, 0.29) is 18.9 Å². The van der Waals surface area contributed by atoms with E-state index in [0.29, 0.717) is 6.42 Å². The van der Waals surface area contributed by atoms with Crippen molar-refractivity contribution >= 4 is 23.9 Å². The van der Waals surface area contributed by atoms with Crippen LogP contribution >= 0.6 is 0 Å². The molecule has 0 radical (unpaired) electrons. The zero-order valence-electron chi connectivity index (χ0n) is 20.4. The number of hydrogen-bond acceptors (Lipinski definition) is 5. The van der Waals surface area contributed by atoms with Gasteiger partial charge in [-0.25, -0.2) is 15.0 Å². The Hall–Kier alpha value is -3.88. The number of nitrogens with one attached hydrogen (secondary N) is 3. The molecular formula is C27H33N3O6. The van der Waals surface area contributed by atoms with Crippen LogP contribution in [0.5, 0.6) is 0 Å². The number of ether oxygens (including phenoxy) is 1. The van der Waals surface area contributed by atoms with E-state index in [1.54, 1.807) is 0 Å². The van der Waals surface area contributed by atoms with Crippen molar-refractivity contribution in [2.75, 3.05) is 6.61 Å². The molecule has 2 aromatic rings. The lowest BCUT2D eigenvalue weighted by atomic mass is 9.98. The first-order valence-electron chi connectivity index (χ1n) is 12.4. The van der Waals surface area contributed by atoms with Gasteiger partial charge in [0.2, 0.25) is 0 Å². The second-order valence-corrected chi connectivity index (χ2v) is 8.83. The van der Waals surface area contributed by atoms with Crippen molar-refractivity contribution in [1.82, 2.24) is 16.2 Å². The summed E-state index contributed by atoms with van der Waals surface area (Å²) in [5, 5.41) is 11.1. The molecule has 0 spiro atoms. The van der Waals surface area contributed by atoms with Gasteiger partial charge in [0.1, 0.15) is 12.6 Å². The summed E-state index contributed by atoms with van der Waals surface area (Å²) in [5.74, 6) is -3.80. The molecule has 3 amide bonds. The van der Waals surface area contributed by atoms with Crippen molar-refractivity contribution in [2.24, 2.45) is 0 Å². The van der Waals surface area contributed by atoms with E-state index in [9.17, 15) is 19.2 Å². The molecule has 0 fully saturated rings. The standard InChI is InChI=1S/C27H33N3O6/c1-2-3-4-5-6-7-16-23(28-25(32)26(33)34)24(31)29-30-27(35)36-17-22-20-14-10-8-12-18(20)19-13-9-11-15-21(19)22/h8-15,22-23H,2-7,16-17H2,1H3,(H,28,32)(H,29,31)(H,30,35)(H,33,34). The molecule has 0 bridgehead atoms. The average molecular weight is 496 g/mol. The van der Waals surface area contributed by atoms with Gasteiger partial charge in [0.05, 0.1) is 0 Å². The van der Waals surface area contributed by atoms with Gasteiger partial charge in [-0.2, -0.15) is 0 Å². The number of benzene rings is 2. The Kier molecular flexibility index (Phi) is 9.85. The number of unbranched alkanes of at least 4 members (excludes halogenated alkanes) is 5. The van der Waals surface area contributed by atoms with Crippen molar-refractivity contribution in [2.45, 2.75) is 63.8 Å². The van der Waals surface area contributed by atoms with Gasteiger partial charge in [-0.15, -0.1) is 0 Å². The van der Waals surface area contributed by atoms with E-state index in [2.05, 4.69) is 23.1 Å². The highest BCUT2D eigenvalue weighted by molar-refractivity contribution is 6.32. The van der Waals surface area contributed by atoms with Crippen LogP contribution in [0.15, 0.2) is 48.5 Å². The smallest absolute Gasteiger partial charge is 0.426 e. The maximum absolute atomic E-state index is 12.6. The molecular weight excluding hydrogens is 462 g/mol. The van der Waals surface area contributed by atoms with E-state index in [1.807, 2.05) is 48.5 Å². The molecule has 0 heterocycles. The molecule has 1 aliphatic rings.